The van der Waals surface area contributed by atoms with Crippen LogP contribution >= 0.6 is 11.3 Å². The number of hydrogen-bond acceptors (Lipinski definition) is 6. The number of methoxy groups -OCH3 is 2. The van der Waals surface area contributed by atoms with E-state index in [-0.39, 0.29) is 23.6 Å². The molecular formula is C23H29N3O5S. The van der Waals surface area contributed by atoms with E-state index in [2.05, 4.69) is 10.6 Å². The lowest BCUT2D eigenvalue weighted by atomic mass is 9.88. The number of hydrogen-bond donors (Lipinski definition) is 2. The first-order chi connectivity index (χ1) is 15.5. The van der Waals surface area contributed by atoms with Crippen LogP contribution in [0, 0.1) is 5.92 Å². The minimum absolute atomic E-state index is 0.0156. The molecule has 1 saturated heterocycles. The predicted molar refractivity (Wildman–Crippen MR) is 122 cm³/mol. The van der Waals surface area contributed by atoms with Gasteiger partial charge in [0.15, 0.2) is 0 Å². The minimum Gasteiger partial charge on any atom is -0.497 e. The number of ether oxygens (including phenoxy) is 2. The molecule has 3 amide bonds. The second-order valence-electron chi connectivity index (χ2n) is 7.57. The summed E-state index contributed by atoms with van der Waals surface area (Å²) in [5.41, 5.74) is 0.450. The molecule has 1 atom stereocenters. The zero-order valence-electron chi connectivity index (χ0n) is 18.3. The Hall–Kier alpha value is -2.91. The van der Waals surface area contributed by atoms with Gasteiger partial charge >= 0.3 is 0 Å². The number of thiophene rings is 1. The van der Waals surface area contributed by atoms with Gasteiger partial charge in [-0.05, 0) is 54.5 Å². The molecule has 0 aliphatic carbocycles. The molecule has 2 N–H and O–H groups in total. The number of rotatable bonds is 9. The van der Waals surface area contributed by atoms with E-state index in [1.165, 1.54) is 11.3 Å². The maximum atomic E-state index is 12.9. The molecule has 0 radical (unpaired) electrons. The number of carbonyl (C=O) groups excluding carboxylic acids is 3. The fourth-order valence-electron chi connectivity index (χ4n) is 3.74. The summed E-state index contributed by atoms with van der Waals surface area (Å²) in [6.45, 7) is 1.84. The Morgan fingerprint density at radius 2 is 1.84 bits per heavy atom. The highest BCUT2D eigenvalue weighted by Crippen LogP contribution is 2.24. The summed E-state index contributed by atoms with van der Waals surface area (Å²) in [5, 5.41) is 7.62. The fourth-order valence-corrected chi connectivity index (χ4v) is 4.43. The van der Waals surface area contributed by atoms with Crippen molar-refractivity contribution in [2.45, 2.75) is 18.9 Å². The van der Waals surface area contributed by atoms with Crippen molar-refractivity contribution in [3.63, 3.8) is 0 Å². The monoisotopic (exact) mass is 459 g/mol. The topological polar surface area (TPSA) is 97.0 Å². The molecule has 3 rings (SSSR count). The van der Waals surface area contributed by atoms with E-state index >= 15 is 0 Å². The van der Waals surface area contributed by atoms with Gasteiger partial charge < -0.3 is 25.0 Å². The van der Waals surface area contributed by atoms with E-state index in [4.69, 9.17) is 9.47 Å². The van der Waals surface area contributed by atoms with Gasteiger partial charge in [-0.1, -0.05) is 6.07 Å². The number of benzene rings is 1. The van der Waals surface area contributed by atoms with E-state index in [0.29, 0.717) is 55.3 Å². The van der Waals surface area contributed by atoms with E-state index in [1.807, 2.05) is 22.4 Å². The lowest BCUT2D eigenvalue weighted by Gasteiger charge is -2.35. The van der Waals surface area contributed by atoms with Crippen molar-refractivity contribution in [1.29, 1.82) is 0 Å². The lowest BCUT2D eigenvalue weighted by Crippen LogP contribution is -2.54. The second kappa shape index (κ2) is 11.6. The maximum Gasteiger partial charge on any atom is 0.263 e. The molecule has 1 fully saturated rings. The van der Waals surface area contributed by atoms with Crippen molar-refractivity contribution >= 4 is 29.1 Å². The Bertz CT molecular complexity index is 893. The number of nitrogens with zero attached hydrogens (tertiary/aromatic N) is 1. The van der Waals surface area contributed by atoms with Crippen LogP contribution in [0.5, 0.6) is 5.75 Å². The quantitative estimate of drug-likeness (QED) is 0.560. The average Bonchev–Trinajstić information content (AvgIpc) is 3.37. The highest BCUT2D eigenvalue weighted by atomic mass is 32.1. The van der Waals surface area contributed by atoms with Crippen molar-refractivity contribution in [1.82, 2.24) is 15.5 Å². The van der Waals surface area contributed by atoms with Crippen LogP contribution in [0.15, 0.2) is 41.8 Å². The first-order valence-electron chi connectivity index (χ1n) is 10.6. The van der Waals surface area contributed by atoms with Gasteiger partial charge in [-0.15, -0.1) is 11.3 Å². The van der Waals surface area contributed by atoms with Crippen molar-refractivity contribution in [3.8, 4) is 5.75 Å². The zero-order chi connectivity index (χ0) is 22.9. The summed E-state index contributed by atoms with van der Waals surface area (Å²) in [5.74, 6) is 0.0238. The van der Waals surface area contributed by atoms with Gasteiger partial charge in [0.25, 0.3) is 11.8 Å². The van der Waals surface area contributed by atoms with Gasteiger partial charge in [-0.25, -0.2) is 0 Å². The highest BCUT2D eigenvalue weighted by molar-refractivity contribution is 7.12. The molecule has 9 heteroatoms. The van der Waals surface area contributed by atoms with Crippen LogP contribution in [0.1, 0.15) is 32.9 Å². The number of likely N-dealkylation sites (tertiary alicyclic amines) is 1. The molecule has 8 nitrogen and oxygen atoms in total. The van der Waals surface area contributed by atoms with Gasteiger partial charge in [0.1, 0.15) is 11.8 Å². The second-order valence-corrected chi connectivity index (χ2v) is 8.52. The third-order valence-corrected chi connectivity index (χ3v) is 6.41. The molecule has 172 valence electrons. The fraction of sp³-hybridized carbons (Fsp3) is 0.435. The van der Waals surface area contributed by atoms with Gasteiger partial charge in [-0.2, -0.15) is 0 Å². The Balaban J connectivity index is 1.66. The number of piperidine rings is 1. The van der Waals surface area contributed by atoms with Crippen LogP contribution in [-0.4, -0.2) is 69.1 Å². The maximum absolute atomic E-state index is 12.9. The highest BCUT2D eigenvalue weighted by Gasteiger charge is 2.34. The average molecular weight is 460 g/mol. The first-order valence-corrected chi connectivity index (χ1v) is 11.5. The predicted octanol–water partition coefficient (Wildman–Crippen LogP) is 2.17. The molecular weight excluding hydrogens is 430 g/mol. The van der Waals surface area contributed by atoms with Crippen LogP contribution in [0.3, 0.4) is 0 Å². The Kier molecular flexibility index (Phi) is 8.64. The van der Waals surface area contributed by atoms with Crippen LogP contribution in [-0.2, 0) is 9.53 Å². The van der Waals surface area contributed by atoms with Crippen LogP contribution in [0.25, 0.3) is 0 Å². The number of nitrogens with one attached hydrogen (secondary N) is 2. The molecule has 0 saturated carbocycles. The van der Waals surface area contributed by atoms with E-state index < -0.39 is 6.04 Å². The standard InChI is InChI=1S/C23H29N3O5S/c1-30-14-11-24-22(28)20(25-21(27)17-5-7-18(31-2)8-6-17)16-9-12-26(13-10-16)23(29)19-4-3-15-32-19/h3-8,15-16,20H,9-14H2,1-2H3,(H,24,28)(H,25,27). The first kappa shape index (κ1) is 23.7. The van der Waals surface area contributed by atoms with Crippen LogP contribution < -0.4 is 15.4 Å². The summed E-state index contributed by atoms with van der Waals surface area (Å²) < 4.78 is 10.1. The van der Waals surface area contributed by atoms with E-state index in [9.17, 15) is 14.4 Å². The summed E-state index contributed by atoms with van der Waals surface area (Å²) in [4.78, 5) is 40.9. The molecule has 1 aliphatic rings. The Labute approximate surface area is 191 Å². The Morgan fingerprint density at radius 1 is 1.12 bits per heavy atom. The number of carbonyl (C=O) groups is 3. The van der Waals surface area contributed by atoms with E-state index in [1.54, 1.807) is 38.5 Å². The summed E-state index contributed by atoms with van der Waals surface area (Å²) in [7, 11) is 3.13. The molecule has 2 aromatic rings. The van der Waals surface area contributed by atoms with Crippen LogP contribution in [0.2, 0.25) is 0 Å². The molecule has 1 aromatic carbocycles. The normalized spacial score (nSPS) is 15.1. The summed E-state index contributed by atoms with van der Waals surface area (Å²) >= 11 is 1.42. The number of amides is 3. The van der Waals surface area contributed by atoms with Gasteiger partial charge in [0.05, 0.1) is 18.6 Å². The Morgan fingerprint density at radius 3 is 2.44 bits per heavy atom. The summed E-state index contributed by atoms with van der Waals surface area (Å²) in [6, 6.07) is 9.72. The van der Waals surface area contributed by atoms with Gasteiger partial charge in [0, 0.05) is 32.3 Å². The van der Waals surface area contributed by atoms with Gasteiger partial charge in [0.2, 0.25) is 5.91 Å². The third kappa shape index (κ3) is 6.08. The lowest BCUT2D eigenvalue weighted by molar-refractivity contribution is -0.124. The largest absolute Gasteiger partial charge is 0.497 e. The molecule has 1 aliphatic heterocycles. The molecule has 2 heterocycles. The van der Waals surface area contributed by atoms with Crippen LogP contribution in [0.4, 0.5) is 0 Å². The molecule has 1 aromatic heterocycles. The van der Waals surface area contributed by atoms with E-state index in [0.717, 1.165) is 0 Å². The summed E-state index contributed by atoms with van der Waals surface area (Å²) in [6.07, 6.45) is 1.25. The molecule has 0 spiro atoms. The molecule has 0 bridgehead atoms. The third-order valence-electron chi connectivity index (χ3n) is 5.56. The van der Waals surface area contributed by atoms with Crippen molar-refractivity contribution < 1.29 is 23.9 Å². The van der Waals surface area contributed by atoms with Gasteiger partial charge in [-0.3, -0.25) is 14.4 Å². The smallest absolute Gasteiger partial charge is 0.263 e. The minimum atomic E-state index is -0.694. The van der Waals surface area contributed by atoms with Crippen molar-refractivity contribution in [3.05, 3.63) is 52.2 Å². The van der Waals surface area contributed by atoms with Crippen molar-refractivity contribution in [2.24, 2.45) is 5.92 Å². The SMILES string of the molecule is COCCNC(=O)C(NC(=O)c1ccc(OC)cc1)C1CCN(C(=O)c2cccs2)CC1. The molecule has 32 heavy (non-hydrogen) atoms. The van der Waals surface area contributed by atoms with Crippen molar-refractivity contribution in [2.75, 3.05) is 40.5 Å². The zero-order valence-corrected chi connectivity index (χ0v) is 19.2. The molecule has 1 unspecified atom stereocenters.